The predicted molar refractivity (Wildman–Crippen MR) is 98.8 cm³/mol. The monoisotopic (exact) mass is 330 g/mol. The lowest BCUT2D eigenvalue weighted by atomic mass is 10.1. The van der Waals surface area contributed by atoms with Gasteiger partial charge >= 0.3 is 0 Å². The second-order valence-electron chi connectivity index (χ2n) is 6.00. The van der Waals surface area contributed by atoms with Crippen LogP contribution in [0, 0.1) is 0 Å². The summed E-state index contributed by atoms with van der Waals surface area (Å²) in [6, 6.07) is 17.6. The number of para-hydroxylation sites is 1. The molecule has 0 aliphatic heterocycles. The van der Waals surface area contributed by atoms with E-state index in [0.29, 0.717) is 6.42 Å². The number of benzene rings is 2. The molecule has 2 aromatic carbocycles. The maximum absolute atomic E-state index is 12.4. The Morgan fingerprint density at radius 1 is 1.08 bits per heavy atom. The minimum Gasteiger partial charge on any atom is -0.350 e. The van der Waals surface area contributed by atoms with E-state index >= 15 is 0 Å². The summed E-state index contributed by atoms with van der Waals surface area (Å²) in [7, 11) is 2.00. The molecule has 0 atom stereocenters. The maximum atomic E-state index is 12.4. The van der Waals surface area contributed by atoms with Crippen molar-refractivity contribution in [1.82, 2.24) is 14.3 Å². The van der Waals surface area contributed by atoms with E-state index in [1.165, 1.54) is 0 Å². The second kappa shape index (κ2) is 6.28. The van der Waals surface area contributed by atoms with Crippen molar-refractivity contribution in [3.05, 3.63) is 78.8 Å². The standard InChI is InChI=1S/C20H18N4O/c1-23-14-15(18-5-2-3-6-19(18)23)13-20(25)22-16-7-9-17(10-8-16)24-12-4-11-21-24/h2-12,14H,13H2,1H3,(H,22,25). The lowest BCUT2D eigenvalue weighted by Crippen LogP contribution is -2.14. The van der Waals surface area contributed by atoms with Crippen LogP contribution in [-0.4, -0.2) is 20.3 Å². The molecule has 0 radical (unpaired) electrons. The molecule has 25 heavy (non-hydrogen) atoms. The number of hydrogen-bond acceptors (Lipinski definition) is 2. The Labute approximate surface area is 145 Å². The summed E-state index contributed by atoms with van der Waals surface area (Å²) >= 11 is 0. The smallest absolute Gasteiger partial charge is 0.228 e. The third-order valence-corrected chi connectivity index (χ3v) is 4.25. The van der Waals surface area contributed by atoms with E-state index in [0.717, 1.165) is 27.8 Å². The Balaban J connectivity index is 1.48. The highest BCUT2D eigenvalue weighted by molar-refractivity contribution is 5.96. The maximum Gasteiger partial charge on any atom is 0.228 e. The van der Waals surface area contributed by atoms with Gasteiger partial charge in [-0.15, -0.1) is 0 Å². The van der Waals surface area contributed by atoms with Crippen LogP contribution in [0.5, 0.6) is 0 Å². The Morgan fingerprint density at radius 3 is 2.64 bits per heavy atom. The van der Waals surface area contributed by atoms with Gasteiger partial charge in [-0.2, -0.15) is 5.10 Å². The molecule has 4 aromatic rings. The summed E-state index contributed by atoms with van der Waals surface area (Å²) in [5.74, 6) is -0.0248. The van der Waals surface area contributed by atoms with Gasteiger partial charge in [-0.1, -0.05) is 18.2 Å². The predicted octanol–water partition coefficient (Wildman–Crippen LogP) is 3.55. The molecule has 5 nitrogen and oxygen atoms in total. The van der Waals surface area contributed by atoms with Crippen LogP contribution < -0.4 is 5.32 Å². The molecule has 0 aliphatic carbocycles. The molecule has 2 aromatic heterocycles. The van der Waals surface area contributed by atoms with Crippen LogP contribution in [0.15, 0.2) is 73.2 Å². The van der Waals surface area contributed by atoms with E-state index in [4.69, 9.17) is 0 Å². The third kappa shape index (κ3) is 3.04. The van der Waals surface area contributed by atoms with Gasteiger partial charge in [-0.25, -0.2) is 4.68 Å². The Morgan fingerprint density at radius 2 is 1.88 bits per heavy atom. The number of nitrogens with zero attached hydrogens (tertiary/aromatic N) is 3. The highest BCUT2D eigenvalue weighted by Gasteiger charge is 2.10. The molecule has 1 N–H and O–H groups in total. The summed E-state index contributed by atoms with van der Waals surface area (Å²) in [6.07, 6.45) is 5.99. The van der Waals surface area contributed by atoms with Crippen molar-refractivity contribution >= 4 is 22.5 Å². The summed E-state index contributed by atoms with van der Waals surface area (Å²) < 4.78 is 3.83. The fraction of sp³-hybridized carbons (Fsp3) is 0.100. The number of rotatable bonds is 4. The van der Waals surface area contributed by atoms with E-state index in [9.17, 15) is 4.79 Å². The van der Waals surface area contributed by atoms with Crippen molar-refractivity contribution < 1.29 is 4.79 Å². The zero-order valence-electron chi connectivity index (χ0n) is 13.9. The minimum absolute atomic E-state index is 0.0248. The lowest BCUT2D eigenvalue weighted by Gasteiger charge is -2.06. The first kappa shape index (κ1) is 15.2. The number of carbonyl (C=O) groups is 1. The van der Waals surface area contributed by atoms with Crippen molar-refractivity contribution in [2.75, 3.05) is 5.32 Å². The van der Waals surface area contributed by atoms with Crippen LogP contribution in [0.2, 0.25) is 0 Å². The molecule has 5 heteroatoms. The number of amides is 1. The van der Waals surface area contributed by atoms with E-state index in [1.54, 1.807) is 10.9 Å². The van der Waals surface area contributed by atoms with Crippen LogP contribution in [0.3, 0.4) is 0 Å². The van der Waals surface area contributed by atoms with Crippen molar-refractivity contribution in [2.45, 2.75) is 6.42 Å². The van der Waals surface area contributed by atoms with E-state index in [1.807, 2.05) is 61.9 Å². The van der Waals surface area contributed by atoms with Crippen molar-refractivity contribution in [3.63, 3.8) is 0 Å². The van der Waals surface area contributed by atoms with Crippen LogP contribution in [-0.2, 0) is 18.3 Å². The molecule has 1 amide bonds. The average Bonchev–Trinajstić information content (AvgIpc) is 3.25. The number of fused-ring (bicyclic) bond motifs is 1. The molecule has 0 fully saturated rings. The fourth-order valence-corrected chi connectivity index (χ4v) is 3.06. The number of hydrogen-bond donors (Lipinski definition) is 1. The van der Waals surface area contributed by atoms with Crippen LogP contribution in [0.1, 0.15) is 5.56 Å². The highest BCUT2D eigenvalue weighted by atomic mass is 16.1. The van der Waals surface area contributed by atoms with Gasteiger partial charge in [0, 0.05) is 42.2 Å². The van der Waals surface area contributed by atoms with Gasteiger partial charge < -0.3 is 9.88 Å². The Kier molecular flexibility index (Phi) is 3.82. The molecule has 124 valence electrons. The van der Waals surface area contributed by atoms with Gasteiger partial charge in [-0.3, -0.25) is 4.79 Å². The number of carbonyl (C=O) groups excluding carboxylic acids is 1. The van der Waals surface area contributed by atoms with Gasteiger partial charge in [0.1, 0.15) is 0 Å². The van der Waals surface area contributed by atoms with E-state index < -0.39 is 0 Å². The third-order valence-electron chi connectivity index (χ3n) is 4.25. The van der Waals surface area contributed by atoms with Gasteiger partial charge in [-0.05, 0) is 42.0 Å². The van der Waals surface area contributed by atoms with Crippen LogP contribution in [0.25, 0.3) is 16.6 Å². The molecule has 0 bridgehead atoms. The largest absolute Gasteiger partial charge is 0.350 e. The fourth-order valence-electron chi connectivity index (χ4n) is 3.06. The number of aryl methyl sites for hydroxylation is 1. The zero-order chi connectivity index (χ0) is 17.2. The second-order valence-corrected chi connectivity index (χ2v) is 6.00. The summed E-state index contributed by atoms with van der Waals surface area (Å²) in [5, 5.41) is 8.27. The molecule has 0 spiro atoms. The lowest BCUT2D eigenvalue weighted by molar-refractivity contribution is -0.115. The highest BCUT2D eigenvalue weighted by Crippen LogP contribution is 2.21. The van der Waals surface area contributed by atoms with Crippen molar-refractivity contribution in [1.29, 1.82) is 0 Å². The number of nitrogens with one attached hydrogen (secondary N) is 1. The minimum atomic E-state index is -0.0248. The first-order valence-corrected chi connectivity index (χ1v) is 8.13. The average molecular weight is 330 g/mol. The van der Waals surface area contributed by atoms with Crippen molar-refractivity contribution in [3.8, 4) is 5.69 Å². The van der Waals surface area contributed by atoms with Crippen LogP contribution in [0.4, 0.5) is 5.69 Å². The SMILES string of the molecule is Cn1cc(CC(=O)Nc2ccc(-n3cccn3)cc2)c2ccccc21. The molecule has 2 heterocycles. The summed E-state index contributed by atoms with van der Waals surface area (Å²) in [6.45, 7) is 0. The van der Waals surface area contributed by atoms with Gasteiger partial charge in [0.25, 0.3) is 0 Å². The number of anilines is 1. The molecular formula is C20H18N4O. The van der Waals surface area contributed by atoms with Gasteiger partial charge in [0.05, 0.1) is 12.1 Å². The molecule has 0 saturated carbocycles. The topological polar surface area (TPSA) is 51.9 Å². The first-order chi connectivity index (χ1) is 12.2. The Bertz CT molecular complexity index is 1010. The summed E-state index contributed by atoms with van der Waals surface area (Å²) in [4.78, 5) is 12.4. The van der Waals surface area contributed by atoms with Crippen molar-refractivity contribution in [2.24, 2.45) is 7.05 Å². The van der Waals surface area contributed by atoms with E-state index in [2.05, 4.69) is 27.1 Å². The van der Waals surface area contributed by atoms with Gasteiger partial charge in [0.2, 0.25) is 5.91 Å². The summed E-state index contributed by atoms with van der Waals surface area (Å²) in [5.41, 5.74) is 3.90. The molecule has 0 aliphatic rings. The Hall–Kier alpha value is -3.34. The van der Waals surface area contributed by atoms with Crippen LogP contribution >= 0.6 is 0 Å². The molecule has 4 rings (SSSR count). The van der Waals surface area contributed by atoms with E-state index in [-0.39, 0.29) is 5.91 Å². The molecule has 0 saturated heterocycles. The first-order valence-electron chi connectivity index (χ1n) is 8.13. The zero-order valence-corrected chi connectivity index (χ0v) is 13.9. The normalized spacial score (nSPS) is 10.9. The van der Waals surface area contributed by atoms with Gasteiger partial charge in [0.15, 0.2) is 0 Å². The molecule has 0 unspecified atom stereocenters. The number of aromatic nitrogens is 3. The molecular weight excluding hydrogens is 312 g/mol. The quantitative estimate of drug-likeness (QED) is 0.622.